The summed E-state index contributed by atoms with van der Waals surface area (Å²) in [5, 5.41) is 0.650. The molecular formula is C18H18Cl2N2O4. The van der Waals surface area contributed by atoms with Crippen LogP contribution in [0.25, 0.3) is 0 Å². The van der Waals surface area contributed by atoms with Crippen LogP contribution in [0.2, 0.25) is 10.0 Å². The summed E-state index contributed by atoms with van der Waals surface area (Å²) in [5.74, 6) is 0.340. The molecule has 0 radical (unpaired) electrons. The number of amides is 2. The summed E-state index contributed by atoms with van der Waals surface area (Å²) >= 11 is 12.1. The van der Waals surface area contributed by atoms with E-state index in [1.54, 1.807) is 47.1 Å². The van der Waals surface area contributed by atoms with E-state index in [4.69, 9.17) is 32.4 Å². The summed E-state index contributed by atoms with van der Waals surface area (Å²) in [6, 6.07) is 8.33. The Hall–Kier alpha value is -2.18. The normalized spacial score (nSPS) is 15.7. The highest BCUT2D eigenvalue weighted by atomic mass is 35.5. The Kier molecular flexibility index (Phi) is 5.74. The Labute approximate surface area is 161 Å². The van der Waals surface area contributed by atoms with Gasteiger partial charge in [-0.25, -0.2) is 0 Å². The number of nitrogens with zero attached hydrogens (tertiary/aromatic N) is 2. The lowest BCUT2D eigenvalue weighted by atomic mass is 10.2. The molecular weight excluding hydrogens is 379 g/mol. The minimum Gasteiger partial charge on any atom is -0.479 e. The van der Waals surface area contributed by atoms with Gasteiger partial charge in [-0.1, -0.05) is 29.3 Å². The van der Waals surface area contributed by atoms with Crippen molar-refractivity contribution in [3.05, 3.63) is 52.4 Å². The number of hydrogen-bond acceptors (Lipinski definition) is 4. The van der Waals surface area contributed by atoms with Gasteiger partial charge in [0.05, 0.1) is 11.3 Å². The molecule has 0 unspecified atom stereocenters. The van der Waals surface area contributed by atoms with Gasteiger partial charge in [-0.15, -0.1) is 0 Å². The lowest BCUT2D eigenvalue weighted by molar-refractivity contribution is -0.139. The predicted octanol–water partition coefficient (Wildman–Crippen LogP) is 3.34. The second kappa shape index (κ2) is 8.01. The molecule has 0 aliphatic carbocycles. The third-order valence-electron chi connectivity index (χ3n) is 4.18. The fourth-order valence-corrected chi connectivity index (χ4v) is 3.10. The molecule has 1 aromatic carbocycles. The smallest absolute Gasteiger partial charge is 0.289 e. The second-order valence-corrected chi connectivity index (χ2v) is 6.69. The van der Waals surface area contributed by atoms with Gasteiger partial charge in [0.15, 0.2) is 11.9 Å². The summed E-state index contributed by atoms with van der Waals surface area (Å²) in [4.78, 5) is 28.2. The number of carbonyl (C=O) groups excluding carboxylic acids is 2. The van der Waals surface area contributed by atoms with Gasteiger partial charge in [-0.05, 0) is 31.2 Å². The largest absolute Gasteiger partial charge is 0.479 e. The van der Waals surface area contributed by atoms with Gasteiger partial charge in [0.25, 0.3) is 11.8 Å². The number of ether oxygens (including phenoxy) is 1. The molecule has 2 amide bonds. The van der Waals surface area contributed by atoms with Crippen molar-refractivity contribution in [3.63, 3.8) is 0 Å². The minimum atomic E-state index is -0.710. The molecule has 138 valence electrons. The summed E-state index contributed by atoms with van der Waals surface area (Å²) < 4.78 is 10.8. The van der Waals surface area contributed by atoms with E-state index in [9.17, 15) is 9.59 Å². The molecule has 0 spiro atoms. The van der Waals surface area contributed by atoms with Gasteiger partial charge >= 0.3 is 0 Å². The van der Waals surface area contributed by atoms with Crippen molar-refractivity contribution in [2.75, 3.05) is 26.2 Å². The quantitative estimate of drug-likeness (QED) is 0.794. The van der Waals surface area contributed by atoms with E-state index in [1.807, 2.05) is 0 Å². The first kappa shape index (κ1) is 18.6. The van der Waals surface area contributed by atoms with E-state index in [2.05, 4.69) is 0 Å². The van der Waals surface area contributed by atoms with Gasteiger partial charge in [0, 0.05) is 26.2 Å². The average Bonchev–Trinajstić information content (AvgIpc) is 3.19. The van der Waals surface area contributed by atoms with Crippen LogP contribution in [-0.4, -0.2) is 53.9 Å². The monoisotopic (exact) mass is 396 g/mol. The standard InChI is InChI=1S/C18H18Cl2N2O4/c1-12(26-14-5-2-4-13(19)16(14)20)17(23)21-7-9-22(10-8-21)18(24)15-6-3-11-25-15/h2-6,11-12H,7-10H2,1H3/t12-/m0/s1. The molecule has 1 aliphatic rings. The molecule has 1 atom stereocenters. The van der Waals surface area contributed by atoms with Crippen LogP contribution in [0, 0.1) is 0 Å². The Balaban J connectivity index is 1.56. The van der Waals surface area contributed by atoms with Crippen LogP contribution in [0.15, 0.2) is 41.0 Å². The molecule has 3 rings (SSSR count). The fourth-order valence-electron chi connectivity index (χ4n) is 2.76. The molecule has 1 fully saturated rings. The number of hydrogen-bond donors (Lipinski definition) is 0. The van der Waals surface area contributed by atoms with Crippen LogP contribution in [0.5, 0.6) is 5.75 Å². The topological polar surface area (TPSA) is 63.0 Å². The van der Waals surface area contributed by atoms with Crippen molar-refractivity contribution in [1.82, 2.24) is 9.80 Å². The molecule has 6 nitrogen and oxygen atoms in total. The third-order valence-corrected chi connectivity index (χ3v) is 4.98. The summed E-state index contributed by atoms with van der Waals surface area (Å²) in [5.41, 5.74) is 0. The molecule has 1 aromatic heterocycles. The van der Waals surface area contributed by atoms with Crippen molar-refractivity contribution in [2.24, 2.45) is 0 Å². The van der Waals surface area contributed by atoms with E-state index < -0.39 is 6.10 Å². The minimum absolute atomic E-state index is 0.161. The number of benzene rings is 1. The maximum Gasteiger partial charge on any atom is 0.289 e. The highest BCUT2D eigenvalue weighted by Crippen LogP contribution is 2.32. The van der Waals surface area contributed by atoms with Crippen LogP contribution in [0.4, 0.5) is 0 Å². The number of piperazine rings is 1. The van der Waals surface area contributed by atoms with Gasteiger partial charge in [0.2, 0.25) is 0 Å². The average molecular weight is 397 g/mol. The van der Waals surface area contributed by atoms with Crippen LogP contribution in [0.1, 0.15) is 17.5 Å². The van der Waals surface area contributed by atoms with E-state index in [-0.39, 0.29) is 16.8 Å². The number of furan rings is 1. The lowest BCUT2D eigenvalue weighted by Crippen LogP contribution is -2.53. The molecule has 0 saturated carbocycles. The molecule has 2 heterocycles. The molecule has 0 bridgehead atoms. The highest BCUT2D eigenvalue weighted by Gasteiger charge is 2.29. The molecule has 26 heavy (non-hydrogen) atoms. The molecule has 2 aromatic rings. The van der Waals surface area contributed by atoms with Gasteiger partial charge in [-0.3, -0.25) is 9.59 Å². The number of carbonyl (C=O) groups is 2. The SMILES string of the molecule is C[C@H](Oc1cccc(Cl)c1Cl)C(=O)N1CCN(C(=O)c2ccco2)CC1. The number of halogens is 2. The van der Waals surface area contributed by atoms with Crippen molar-refractivity contribution in [1.29, 1.82) is 0 Å². The first-order valence-electron chi connectivity index (χ1n) is 8.19. The van der Waals surface area contributed by atoms with Crippen LogP contribution >= 0.6 is 23.2 Å². The first-order valence-corrected chi connectivity index (χ1v) is 8.95. The maximum absolute atomic E-state index is 12.6. The van der Waals surface area contributed by atoms with Crippen molar-refractivity contribution >= 4 is 35.0 Å². The van der Waals surface area contributed by atoms with Crippen molar-refractivity contribution in [3.8, 4) is 5.75 Å². The van der Waals surface area contributed by atoms with Crippen LogP contribution in [0.3, 0.4) is 0 Å². The third kappa shape index (κ3) is 3.97. The Morgan fingerprint density at radius 2 is 1.77 bits per heavy atom. The van der Waals surface area contributed by atoms with Gasteiger partial charge in [-0.2, -0.15) is 0 Å². The fraction of sp³-hybridized carbons (Fsp3) is 0.333. The zero-order chi connectivity index (χ0) is 18.7. The Bertz CT molecular complexity index is 786. The first-order chi connectivity index (χ1) is 12.5. The maximum atomic E-state index is 12.6. The van der Waals surface area contributed by atoms with E-state index in [0.29, 0.717) is 42.7 Å². The summed E-state index contributed by atoms with van der Waals surface area (Å²) in [6.07, 6.45) is 0.755. The van der Waals surface area contributed by atoms with Gasteiger partial charge in [0.1, 0.15) is 10.8 Å². The molecule has 1 saturated heterocycles. The Morgan fingerprint density at radius 1 is 1.08 bits per heavy atom. The summed E-state index contributed by atoms with van der Waals surface area (Å²) in [6.45, 7) is 3.41. The van der Waals surface area contributed by atoms with Crippen LogP contribution < -0.4 is 4.74 Å². The zero-order valence-corrected chi connectivity index (χ0v) is 15.7. The second-order valence-electron chi connectivity index (χ2n) is 5.91. The highest BCUT2D eigenvalue weighted by molar-refractivity contribution is 6.42. The summed E-state index contributed by atoms with van der Waals surface area (Å²) in [7, 11) is 0. The molecule has 8 heteroatoms. The molecule has 1 aliphatic heterocycles. The molecule has 0 N–H and O–H groups in total. The predicted molar refractivity (Wildman–Crippen MR) is 97.7 cm³/mol. The van der Waals surface area contributed by atoms with E-state index in [1.165, 1.54) is 6.26 Å². The van der Waals surface area contributed by atoms with Crippen LogP contribution in [-0.2, 0) is 4.79 Å². The van der Waals surface area contributed by atoms with Crippen molar-refractivity contribution in [2.45, 2.75) is 13.0 Å². The number of rotatable bonds is 4. The zero-order valence-electron chi connectivity index (χ0n) is 14.2. The Morgan fingerprint density at radius 3 is 2.42 bits per heavy atom. The van der Waals surface area contributed by atoms with Gasteiger partial charge < -0.3 is 19.0 Å². The van der Waals surface area contributed by atoms with E-state index >= 15 is 0 Å². The van der Waals surface area contributed by atoms with Crippen molar-refractivity contribution < 1.29 is 18.7 Å². The van der Waals surface area contributed by atoms with E-state index in [0.717, 1.165) is 0 Å². The lowest BCUT2D eigenvalue weighted by Gasteiger charge is -2.35.